The minimum Gasteiger partial charge on any atom is -0.479 e. The maximum atomic E-state index is 11.3. The zero-order valence-electron chi connectivity index (χ0n) is 9.44. The van der Waals surface area contributed by atoms with Gasteiger partial charge in [0.25, 0.3) is 6.10 Å². The Morgan fingerprint density at radius 2 is 2.06 bits per heavy atom. The van der Waals surface area contributed by atoms with Gasteiger partial charge in [-0.15, -0.1) is 0 Å². The Morgan fingerprint density at radius 1 is 1.44 bits per heavy atom. The number of hydrogen-bond donors (Lipinski definition) is 1. The van der Waals surface area contributed by atoms with Crippen LogP contribution in [-0.4, -0.2) is 41.2 Å². The highest BCUT2D eigenvalue weighted by molar-refractivity contribution is 9.09. The van der Waals surface area contributed by atoms with Gasteiger partial charge < -0.3 is 14.6 Å². The van der Waals surface area contributed by atoms with Gasteiger partial charge in [0.2, 0.25) is 0 Å². The van der Waals surface area contributed by atoms with Gasteiger partial charge in [-0.25, -0.2) is 9.59 Å². The molecule has 0 aliphatic heterocycles. The number of carboxylic acids is 1. The minimum atomic E-state index is -1.53. The maximum Gasteiger partial charge on any atom is 0.347 e. The number of ether oxygens (including phenoxy) is 2. The van der Waals surface area contributed by atoms with E-state index in [0.717, 1.165) is 6.42 Å². The van der Waals surface area contributed by atoms with Crippen molar-refractivity contribution in [2.24, 2.45) is 0 Å². The van der Waals surface area contributed by atoms with Crippen LogP contribution in [-0.2, 0) is 19.1 Å². The largest absolute Gasteiger partial charge is 0.479 e. The van der Waals surface area contributed by atoms with Crippen LogP contribution in [0.25, 0.3) is 0 Å². The Labute approximate surface area is 103 Å². The van der Waals surface area contributed by atoms with Gasteiger partial charge in [0, 0.05) is 4.83 Å². The lowest BCUT2D eigenvalue weighted by Crippen LogP contribution is -2.35. The summed E-state index contributed by atoms with van der Waals surface area (Å²) < 4.78 is 9.71. The number of aliphatic carboxylic acids is 1. The number of hydrogen-bond acceptors (Lipinski definition) is 4. The fourth-order valence-electron chi connectivity index (χ4n) is 0.862. The van der Waals surface area contributed by atoms with Crippen LogP contribution in [0.1, 0.15) is 26.7 Å². The van der Waals surface area contributed by atoms with E-state index < -0.39 is 18.0 Å². The highest BCUT2D eigenvalue weighted by Crippen LogP contribution is 2.04. The Hall–Kier alpha value is -0.620. The second-order valence-corrected chi connectivity index (χ2v) is 4.92. The van der Waals surface area contributed by atoms with E-state index in [4.69, 9.17) is 14.6 Å². The van der Waals surface area contributed by atoms with Gasteiger partial charge in [0.05, 0.1) is 13.2 Å². The summed E-state index contributed by atoms with van der Waals surface area (Å²) in [6, 6.07) is 0. The van der Waals surface area contributed by atoms with Crippen LogP contribution in [0.2, 0.25) is 0 Å². The molecule has 0 aromatic rings. The molecule has 5 nitrogen and oxygen atoms in total. The van der Waals surface area contributed by atoms with E-state index in [1.165, 1.54) is 0 Å². The summed E-state index contributed by atoms with van der Waals surface area (Å²) in [5.74, 6) is -2.16. The molecule has 0 heterocycles. The van der Waals surface area contributed by atoms with Crippen molar-refractivity contribution in [3.63, 3.8) is 0 Å². The lowest BCUT2D eigenvalue weighted by molar-refractivity contribution is -0.169. The zero-order valence-corrected chi connectivity index (χ0v) is 11.0. The van der Waals surface area contributed by atoms with Crippen molar-refractivity contribution < 1.29 is 24.2 Å². The monoisotopic (exact) mass is 296 g/mol. The van der Waals surface area contributed by atoms with E-state index in [1.807, 2.05) is 6.92 Å². The SMILES string of the molecule is CCCCOC(=O)C(OC[C@@H](C)Br)C(=O)O. The number of carbonyl (C=O) groups is 2. The third kappa shape index (κ3) is 6.79. The van der Waals surface area contributed by atoms with Crippen molar-refractivity contribution >= 4 is 27.9 Å². The molecule has 1 N–H and O–H groups in total. The summed E-state index contributed by atoms with van der Waals surface area (Å²) in [6.07, 6.45) is 0.0638. The molecular weight excluding hydrogens is 280 g/mol. The number of carbonyl (C=O) groups excluding carboxylic acids is 1. The van der Waals surface area contributed by atoms with Crippen LogP contribution in [0.3, 0.4) is 0 Å². The molecule has 0 aromatic carbocycles. The molecule has 0 aliphatic carbocycles. The van der Waals surface area contributed by atoms with Crippen LogP contribution in [0.5, 0.6) is 0 Å². The molecule has 0 aromatic heterocycles. The van der Waals surface area contributed by atoms with Crippen molar-refractivity contribution in [3.8, 4) is 0 Å². The molecule has 0 bridgehead atoms. The van der Waals surface area contributed by atoms with Crippen molar-refractivity contribution in [1.82, 2.24) is 0 Å². The van der Waals surface area contributed by atoms with Gasteiger partial charge >= 0.3 is 11.9 Å². The Bertz CT molecular complexity index is 229. The summed E-state index contributed by atoms with van der Waals surface area (Å²) in [7, 11) is 0. The lowest BCUT2D eigenvalue weighted by atomic mass is 10.3. The average molecular weight is 297 g/mol. The van der Waals surface area contributed by atoms with Crippen molar-refractivity contribution in [1.29, 1.82) is 0 Å². The molecule has 2 atom stereocenters. The van der Waals surface area contributed by atoms with Gasteiger partial charge in [-0.05, 0) is 6.42 Å². The molecule has 0 spiro atoms. The molecule has 0 saturated heterocycles. The van der Waals surface area contributed by atoms with Gasteiger partial charge in [-0.2, -0.15) is 0 Å². The van der Waals surface area contributed by atoms with Gasteiger partial charge in [0.15, 0.2) is 0 Å². The summed E-state index contributed by atoms with van der Waals surface area (Å²) >= 11 is 3.19. The molecular formula is C10H17BrO5. The van der Waals surface area contributed by atoms with Gasteiger partial charge in [-0.1, -0.05) is 36.2 Å². The standard InChI is InChI=1S/C10H17BrO5/c1-3-4-5-15-10(14)8(9(12)13)16-6-7(2)11/h7-8H,3-6H2,1-2H3,(H,12,13)/t7-,8?/m1/s1. The van der Waals surface area contributed by atoms with Crippen LogP contribution < -0.4 is 0 Å². The smallest absolute Gasteiger partial charge is 0.347 e. The first-order valence-corrected chi connectivity index (χ1v) is 6.05. The number of rotatable bonds is 8. The number of alkyl halides is 1. The summed E-state index contributed by atoms with van der Waals surface area (Å²) in [4.78, 5) is 22.1. The highest BCUT2D eigenvalue weighted by atomic mass is 79.9. The number of carboxylic acid groups (broad SMARTS) is 1. The fourth-order valence-corrected chi connectivity index (χ4v) is 1.01. The van der Waals surface area contributed by atoms with E-state index in [9.17, 15) is 9.59 Å². The zero-order chi connectivity index (χ0) is 12.6. The summed E-state index contributed by atoms with van der Waals surface area (Å²) in [6.45, 7) is 4.11. The second kappa shape index (κ2) is 8.52. The van der Waals surface area contributed by atoms with Crippen molar-refractivity contribution in [2.75, 3.05) is 13.2 Å². The molecule has 0 amide bonds. The molecule has 1 unspecified atom stereocenters. The van der Waals surface area contributed by atoms with E-state index in [1.54, 1.807) is 6.92 Å². The number of esters is 1. The van der Waals surface area contributed by atoms with Crippen LogP contribution in [0, 0.1) is 0 Å². The van der Waals surface area contributed by atoms with Crippen molar-refractivity contribution in [3.05, 3.63) is 0 Å². The topological polar surface area (TPSA) is 72.8 Å². The predicted molar refractivity (Wildman–Crippen MR) is 61.6 cm³/mol. The lowest BCUT2D eigenvalue weighted by Gasteiger charge is -2.13. The molecule has 0 fully saturated rings. The normalized spacial score (nSPS) is 14.2. The van der Waals surface area contributed by atoms with Crippen LogP contribution >= 0.6 is 15.9 Å². The Balaban J connectivity index is 4.09. The van der Waals surface area contributed by atoms with Crippen molar-refractivity contribution in [2.45, 2.75) is 37.6 Å². The molecule has 16 heavy (non-hydrogen) atoms. The van der Waals surface area contributed by atoms with Gasteiger partial charge in [0.1, 0.15) is 0 Å². The first-order chi connectivity index (χ1) is 7.49. The van der Waals surface area contributed by atoms with E-state index >= 15 is 0 Å². The van der Waals surface area contributed by atoms with E-state index in [2.05, 4.69) is 15.9 Å². The van der Waals surface area contributed by atoms with Gasteiger partial charge in [-0.3, -0.25) is 0 Å². The molecule has 0 saturated carbocycles. The second-order valence-electron chi connectivity index (χ2n) is 3.35. The third-order valence-electron chi connectivity index (χ3n) is 1.67. The number of halogens is 1. The highest BCUT2D eigenvalue weighted by Gasteiger charge is 2.29. The average Bonchev–Trinajstić information content (AvgIpc) is 2.17. The molecule has 6 heteroatoms. The third-order valence-corrected chi connectivity index (χ3v) is 1.94. The summed E-state index contributed by atoms with van der Waals surface area (Å²) in [5, 5.41) is 8.77. The fraction of sp³-hybridized carbons (Fsp3) is 0.800. The maximum absolute atomic E-state index is 11.3. The van der Waals surface area contributed by atoms with Crippen LogP contribution in [0.15, 0.2) is 0 Å². The van der Waals surface area contributed by atoms with E-state index in [-0.39, 0.29) is 18.0 Å². The van der Waals surface area contributed by atoms with Crippen LogP contribution in [0.4, 0.5) is 0 Å². The van der Waals surface area contributed by atoms with E-state index in [0.29, 0.717) is 6.42 Å². The number of unbranched alkanes of at least 4 members (excludes halogenated alkanes) is 1. The molecule has 94 valence electrons. The summed E-state index contributed by atoms with van der Waals surface area (Å²) in [5.41, 5.74) is 0. The quantitative estimate of drug-likeness (QED) is 0.319. The molecule has 0 aliphatic rings. The predicted octanol–water partition coefficient (Wildman–Crippen LogP) is 1.58. The first-order valence-electron chi connectivity index (χ1n) is 5.14. The molecule has 0 rings (SSSR count). The Morgan fingerprint density at radius 3 is 2.50 bits per heavy atom. The Kier molecular flexibility index (Phi) is 8.19. The molecule has 0 radical (unpaired) electrons. The minimum absolute atomic E-state index is 0.0159. The first kappa shape index (κ1) is 15.4.